The molecule has 5 heteroatoms. The van der Waals surface area contributed by atoms with Crippen LogP contribution in [0.4, 0.5) is 0 Å². The van der Waals surface area contributed by atoms with E-state index in [1.807, 2.05) is 11.8 Å². The summed E-state index contributed by atoms with van der Waals surface area (Å²) in [4.78, 5) is 18.1. The average molecular weight is 328 g/mol. The minimum atomic E-state index is -0.426. The summed E-state index contributed by atoms with van der Waals surface area (Å²) in [6, 6.07) is 6.34. The van der Waals surface area contributed by atoms with E-state index in [0.29, 0.717) is 32.7 Å². The third kappa shape index (κ3) is 2.72. The summed E-state index contributed by atoms with van der Waals surface area (Å²) in [6.07, 6.45) is 1.99. The van der Waals surface area contributed by atoms with Gasteiger partial charge in [-0.15, -0.1) is 0 Å². The number of rotatable bonds is 2. The van der Waals surface area contributed by atoms with Gasteiger partial charge in [0.25, 0.3) is 0 Å². The summed E-state index contributed by atoms with van der Waals surface area (Å²) < 4.78 is 11.5. The molecule has 0 unspecified atom stereocenters. The van der Waals surface area contributed by atoms with Crippen LogP contribution in [0.5, 0.6) is 0 Å². The molecule has 5 nitrogen and oxygen atoms in total. The molecule has 2 saturated heterocycles. The number of hydrogen-bond acceptors (Lipinski definition) is 3. The van der Waals surface area contributed by atoms with Gasteiger partial charge in [0.2, 0.25) is 5.91 Å². The minimum absolute atomic E-state index is 0.188. The van der Waals surface area contributed by atoms with Crippen molar-refractivity contribution in [3.05, 3.63) is 35.0 Å². The van der Waals surface area contributed by atoms with E-state index >= 15 is 0 Å². The second-order valence-corrected chi connectivity index (χ2v) is 6.94. The molecule has 1 N–H and O–H groups in total. The van der Waals surface area contributed by atoms with Gasteiger partial charge in [-0.25, -0.2) is 0 Å². The zero-order valence-corrected chi connectivity index (χ0v) is 14.4. The Balaban J connectivity index is 1.49. The number of ether oxygens (including phenoxy) is 2. The van der Waals surface area contributed by atoms with E-state index in [9.17, 15) is 4.79 Å². The zero-order chi connectivity index (χ0) is 16.7. The second kappa shape index (κ2) is 5.90. The number of piperidine rings is 1. The van der Waals surface area contributed by atoms with E-state index in [1.165, 1.54) is 5.56 Å². The molecule has 0 radical (unpaired) electrons. The Morgan fingerprint density at radius 2 is 1.92 bits per heavy atom. The molecule has 0 aliphatic carbocycles. The molecular formula is C19H24N2O3. The molecule has 3 heterocycles. The summed E-state index contributed by atoms with van der Waals surface area (Å²) in [5, 5.41) is 1.16. The number of carbonyl (C=O) groups excluding carboxylic acids is 1. The molecule has 4 rings (SSSR count). The topological polar surface area (TPSA) is 54.6 Å². The summed E-state index contributed by atoms with van der Waals surface area (Å²) in [7, 11) is 0. The van der Waals surface area contributed by atoms with Gasteiger partial charge in [0.1, 0.15) is 0 Å². The van der Waals surface area contributed by atoms with E-state index in [-0.39, 0.29) is 5.91 Å². The highest BCUT2D eigenvalue weighted by Crippen LogP contribution is 2.32. The Labute approximate surface area is 141 Å². The first-order chi connectivity index (χ1) is 11.6. The number of benzene rings is 1. The molecule has 128 valence electrons. The summed E-state index contributed by atoms with van der Waals surface area (Å²) in [6.45, 7) is 6.88. The van der Waals surface area contributed by atoms with Gasteiger partial charge in [0, 0.05) is 42.5 Å². The Kier molecular flexibility index (Phi) is 3.85. The van der Waals surface area contributed by atoms with Crippen LogP contribution >= 0.6 is 0 Å². The Morgan fingerprint density at radius 3 is 2.62 bits per heavy atom. The number of likely N-dealkylation sites (tertiary alicyclic amines) is 1. The molecule has 0 saturated carbocycles. The van der Waals surface area contributed by atoms with Gasteiger partial charge in [-0.2, -0.15) is 0 Å². The number of aromatic amines is 1. The van der Waals surface area contributed by atoms with Crippen molar-refractivity contribution < 1.29 is 14.3 Å². The SMILES string of the molecule is Cc1ccc2[nH]c(C)c(CC(=O)N3CCC4(CC3)OCCO4)c2c1. The number of aryl methyl sites for hydroxylation is 2. The lowest BCUT2D eigenvalue weighted by atomic mass is 10.0. The van der Waals surface area contributed by atoms with E-state index < -0.39 is 5.79 Å². The molecule has 2 aromatic rings. The van der Waals surface area contributed by atoms with Gasteiger partial charge in [-0.05, 0) is 31.5 Å². The second-order valence-electron chi connectivity index (χ2n) is 6.94. The number of aromatic nitrogens is 1. The Hall–Kier alpha value is -1.85. The molecule has 1 aromatic heterocycles. The maximum absolute atomic E-state index is 12.8. The summed E-state index contributed by atoms with van der Waals surface area (Å²) >= 11 is 0. The zero-order valence-electron chi connectivity index (χ0n) is 14.4. The fraction of sp³-hybridized carbons (Fsp3) is 0.526. The lowest BCUT2D eigenvalue weighted by Gasteiger charge is -2.37. The molecule has 2 aliphatic heterocycles. The largest absolute Gasteiger partial charge is 0.358 e. The van der Waals surface area contributed by atoms with Crippen molar-refractivity contribution >= 4 is 16.8 Å². The Bertz CT molecular complexity index is 764. The predicted molar refractivity (Wildman–Crippen MR) is 91.9 cm³/mol. The molecule has 1 amide bonds. The van der Waals surface area contributed by atoms with Crippen LogP contribution in [0, 0.1) is 13.8 Å². The summed E-state index contributed by atoms with van der Waals surface area (Å²) in [5.41, 5.74) is 4.52. The highest BCUT2D eigenvalue weighted by molar-refractivity contribution is 5.90. The van der Waals surface area contributed by atoms with Crippen molar-refractivity contribution in [2.45, 2.75) is 38.9 Å². The van der Waals surface area contributed by atoms with Crippen molar-refractivity contribution in [3.8, 4) is 0 Å². The molecule has 2 aliphatic rings. The Morgan fingerprint density at radius 1 is 1.21 bits per heavy atom. The fourth-order valence-corrected chi connectivity index (χ4v) is 3.87. The van der Waals surface area contributed by atoms with Crippen LogP contribution in [0.3, 0.4) is 0 Å². The number of fused-ring (bicyclic) bond motifs is 1. The molecule has 0 atom stereocenters. The van der Waals surface area contributed by atoms with Gasteiger partial charge in [0.15, 0.2) is 5.79 Å². The smallest absolute Gasteiger partial charge is 0.227 e. The number of amides is 1. The highest BCUT2D eigenvalue weighted by Gasteiger charge is 2.40. The quantitative estimate of drug-likeness (QED) is 0.922. The number of H-pyrrole nitrogens is 1. The van der Waals surface area contributed by atoms with Crippen LogP contribution in [0.2, 0.25) is 0 Å². The molecule has 1 aromatic carbocycles. The van der Waals surface area contributed by atoms with Crippen LogP contribution in [-0.4, -0.2) is 47.9 Å². The highest BCUT2D eigenvalue weighted by atomic mass is 16.7. The van der Waals surface area contributed by atoms with Crippen LogP contribution in [0.1, 0.15) is 29.7 Å². The maximum Gasteiger partial charge on any atom is 0.227 e. The maximum atomic E-state index is 12.8. The molecular weight excluding hydrogens is 304 g/mol. The molecule has 0 bridgehead atoms. The first-order valence-corrected chi connectivity index (χ1v) is 8.70. The third-order valence-electron chi connectivity index (χ3n) is 5.29. The van der Waals surface area contributed by atoms with Crippen LogP contribution in [0.25, 0.3) is 10.9 Å². The number of hydrogen-bond donors (Lipinski definition) is 1. The van der Waals surface area contributed by atoms with Crippen LogP contribution in [-0.2, 0) is 20.7 Å². The van der Waals surface area contributed by atoms with Crippen LogP contribution in [0.15, 0.2) is 18.2 Å². The van der Waals surface area contributed by atoms with E-state index in [4.69, 9.17) is 9.47 Å². The summed E-state index contributed by atoms with van der Waals surface area (Å²) in [5.74, 6) is -0.238. The normalized spacial score (nSPS) is 20.2. The van der Waals surface area contributed by atoms with Crippen molar-refractivity contribution in [1.82, 2.24) is 9.88 Å². The van der Waals surface area contributed by atoms with Gasteiger partial charge < -0.3 is 19.4 Å². The minimum Gasteiger partial charge on any atom is -0.358 e. The van der Waals surface area contributed by atoms with Crippen molar-refractivity contribution in [2.24, 2.45) is 0 Å². The molecule has 24 heavy (non-hydrogen) atoms. The molecule has 1 spiro atoms. The van der Waals surface area contributed by atoms with Crippen molar-refractivity contribution in [3.63, 3.8) is 0 Å². The average Bonchev–Trinajstić information content (AvgIpc) is 3.14. The monoisotopic (exact) mass is 328 g/mol. The van der Waals surface area contributed by atoms with Gasteiger partial charge in [-0.1, -0.05) is 11.6 Å². The lowest BCUT2D eigenvalue weighted by molar-refractivity contribution is -0.187. The fourth-order valence-electron chi connectivity index (χ4n) is 3.87. The van der Waals surface area contributed by atoms with Gasteiger partial charge in [0.05, 0.1) is 19.6 Å². The standard InChI is InChI=1S/C19H24N2O3/c1-13-3-4-17-16(11-13)15(14(2)20-17)12-18(22)21-7-5-19(6-8-21)23-9-10-24-19/h3-4,11,20H,5-10,12H2,1-2H3. The van der Waals surface area contributed by atoms with Gasteiger partial charge >= 0.3 is 0 Å². The van der Waals surface area contributed by atoms with Gasteiger partial charge in [-0.3, -0.25) is 4.79 Å². The lowest BCUT2D eigenvalue weighted by Crippen LogP contribution is -2.47. The first kappa shape index (κ1) is 15.7. The first-order valence-electron chi connectivity index (χ1n) is 8.70. The van der Waals surface area contributed by atoms with Crippen LogP contribution < -0.4 is 0 Å². The number of nitrogens with zero attached hydrogens (tertiary/aromatic N) is 1. The number of nitrogens with one attached hydrogen (secondary N) is 1. The van der Waals surface area contributed by atoms with Crippen molar-refractivity contribution in [2.75, 3.05) is 26.3 Å². The third-order valence-corrected chi connectivity index (χ3v) is 5.29. The molecule has 2 fully saturated rings. The van der Waals surface area contributed by atoms with E-state index in [1.54, 1.807) is 0 Å². The number of carbonyl (C=O) groups is 1. The van der Waals surface area contributed by atoms with E-state index in [0.717, 1.165) is 35.0 Å². The van der Waals surface area contributed by atoms with E-state index in [2.05, 4.69) is 30.1 Å². The van der Waals surface area contributed by atoms with Crippen molar-refractivity contribution in [1.29, 1.82) is 0 Å². The predicted octanol–water partition coefficient (Wildman–Crippen LogP) is 2.69.